The fourth-order valence-electron chi connectivity index (χ4n) is 1.74. The van der Waals surface area contributed by atoms with Crippen LogP contribution in [-0.4, -0.2) is 9.55 Å². The maximum atomic E-state index is 11.7. The molecule has 0 saturated carbocycles. The number of nitrogens with zero attached hydrogens (tertiary/aromatic N) is 2. The van der Waals surface area contributed by atoms with E-state index in [1.54, 1.807) is 30.6 Å². The number of hydrogen-bond acceptors (Lipinski definition) is 3. The zero-order valence-electron chi connectivity index (χ0n) is 8.63. The summed E-state index contributed by atoms with van der Waals surface area (Å²) in [7, 11) is 0. The molecule has 5 heteroatoms. The van der Waals surface area contributed by atoms with E-state index in [2.05, 4.69) is 4.98 Å². The zero-order valence-corrected chi connectivity index (χ0v) is 9.39. The van der Waals surface area contributed by atoms with Crippen LogP contribution < -0.4 is 5.56 Å². The molecule has 0 aliphatic heterocycles. The topological polar surface area (TPSA) is 48.0 Å². The van der Waals surface area contributed by atoms with Gasteiger partial charge in [-0.1, -0.05) is 17.7 Å². The first-order valence-corrected chi connectivity index (χ1v) is 5.35. The second-order valence-corrected chi connectivity index (χ2v) is 3.86. The Labute approximate surface area is 101 Å². The molecule has 0 aliphatic rings. The Morgan fingerprint density at radius 2 is 2.18 bits per heavy atom. The van der Waals surface area contributed by atoms with Crippen molar-refractivity contribution in [2.75, 3.05) is 0 Å². The highest BCUT2D eigenvalue weighted by molar-refractivity contribution is 6.33. The van der Waals surface area contributed by atoms with Crippen molar-refractivity contribution in [2.24, 2.45) is 0 Å². The van der Waals surface area contributed by atoms with Crippen LogP contribution in [-0.2, 0) is 0 Å². The van der Waals surface area contributed by atoms with Crippen LogP contribution in [0.3, 0.4) is 0 Å². The normalized spacial score (nSPS) is 10.9. The van der Waals surface area contributed by atoms with Crippen LogP contribution in [0.15, 0.2) is 52.1 Å². The summed E-state index contributed by atoms with van der Waals surface area (Å²) in [5.41, 5.74) is 1.02. The van der Waals surface area contributed by atoms with E-state index in [1.165, 1.54) is 16.9 Å². The first-order valence-electron chi connectivity index (χ1n) is 4.97. The van der Waals surface area contributed by atoms with E-state index in [-0.39, 0.29) is 10.7 Å². The Balaban J connectivity index is 2.39. The minimum atomic E-state index is -0.126. The molecule has 0 unspecified atom stereocenters. The summed E-state index contributed by atoms with van der Waals surface area (Å²) >= 11 is 5.91. The standard InChI is InChI=1S/C12H7ClN2O2/c13-12-11-8(4-6-17-11)9(7-14-12)15-5-2-1-3-10(15)16/h1-7H. The molecule has 0 aromatic carbocycles. The third kappa shape index (κ3) is 1.54. The second-order valence-electron chi connectivity index (χ2n) is 3.51. The average Bonchev–Trinajstić information content (AvgIpc) is 2.81. The van der Waals surface area contributed by atoms with Gasteiger partial charge in [0.2, 0.25) is 0 Å². The number of furan rings is 1. The zero-order chi connectivity index (χ0) is 11.8. The Morgan fingerprint density at radius 3 is 3.00 bits per heavy atom. The highest BCUT2D eigenvalue weighted by Gasteiger charge is 2.10. The SMILES string of the molecule is O=c1ccccn1-c1cnc(Cl)c2occc12. The molecule has 3 aromatic heterocycles. The van der Waals surface area contributed by atoms with Crippen molar-refractivity contribution in [1.29, 1.82) is 0 Å². The lowest BCUT2D eigenvalue weighted by Gasteiger charge is -2.05. The van der Waals surface area contributed by atoms with E-state index in [0.717, 1.165) is 5.39 Å². The van der Waals surface area contributed by atoms with Crippen LogP contribution in [0, 0.1) is 0 Å². The quantitative estimate of drug-likeness (QED) is 0.620. The summed E-state index contributed by atoms with van der Waals surface area (Å²) in [6, 6.07) is 6.72. The van der Waals surface area contributed by atoms with Crippen molar-refractivity contribution in [3.05, 3.63) is 58.4 Å². The van der Waals surface area contributed by atoms with Gasteiger partial charge in [0.25, 0.3) is 5.56 Å². The molecule has 0 saturated heterocycles. The molecule has 0 fully saturated rings. The maximum Gasteiger partial charge on any atom is 0.255 e. The number of pyridine rings is 2. The molecule has 0 atom stereocenters. The summed E-state index contributed by atoms with van der Waals surface area (Å²) in [6.07, 6.45) is 4.76. The third-order valence-electron chi connectivity index (χ3n) is 2.51. The fourth-order valence-corrected chi connectivity index (χ4v) is 1.93. The molecule has 3 rings (SSSR count). The van der Waals surface area contributed by atoms with Crippen LogP contribution in [0.2, 0.25) is 5.15 Å². The largest absolute Gasteiger partial charge is 0.461 e. The van der Waals surface area contributed by atoms with Crippen LogP contribution in [0.1, 0.15) is 0 Å². The predicted octanol–water partition coefficient (Wildman–Crippen LogP) is 2.63. The molecule has 84 valence electrons. The van der Waals surface area contributed by atoms with Crippen molar-refractivity contribution >= 4 is 22.6 Å². The minimum absolute atomic E-state index is 0.126. The molecule has 0 N–H and O–H groups in total. The smallest absolute Gasteiger partial charge is 0.255 e. The van der Waals surface area contributed by atoms with Crippen LogP contribution in [0.4, 0.5) is 0 Å². The van der Waals surface area contributed by atoms with Gasteiger partial charge in [-0.3, -0.25) is 9.36 Å². The van der Waals surface area contributed by atoms with Crippen LogP contribution >= 0.6 is 11.6 Å². The molecule has 17 heavy (non-hydrogen) atoms. The lowest BCUT2D eigenvalue weighted by Crippen LogP contribution is -2.15. The molecule has 0 bridgehead atoms. The van der Waals surface area contributed by atoms with Crippen molar-refractivity contribution in [1.82, 2.24) is 9.55 Å². The van der Waals surface area contributed by atoms with Gasteiger partial charge in [0.05, 0.1) is 18.1 Å². The van der Waals surface area contributed by atoms with Gasteiger partial charge in [-0.25, -0.2) is 4.98 Å². The maximum absolute atomic E-state index is 11.7. The van der Waals surface area contributed by atoms with Gasteiger partial charge in [0.15, 0.2) is 10.7 Å². The van der Waals surface area contributed by atoms with Crippen molar-refractivity contribution in [2.45, 2.75) is 0 Å². The number of rotatable bonds is 1. The van der Waals surface area contributed by atoms with E-state index < -0.39 is 0 Å². The highest BCUT2D eigenvalue weighted by Crippen LogP contribution is 2.26. The summed E-state index contributed by atoms with van der Waals surface area (Å²) in [5, 5.41) is 1.05. The van der Waals surface area contributed by atoms with Gasteiger partial charge in [0, 0.05) is 17.6 Å². The summed E-state index contributed by atoms with van der Waals surface area (Å²) in [6.45, 7) is 0. The Bertz CT molecular complexity index is 745. The van der Waals surface area contributed by atoms with Crippen molar-refractivity contribution in [3.8, 4) is 5.69 Å². The second kappa shape index (κ2) is 3.75. The molecular formula is C12H7ClN2O2. The van der Waals surface area contributed by atoms with Gasteiger partial charge < -0.3 is 4.42 Å². The van der Waals surface area contributed by atoms with Crippen LogP contribution in [0.25, 0.3) is 16.7 Å². The first-order chi connectivity index (χ1) is 8.27. The summed E-state index contributed by atoms with van der Waals surface area (Å²) in [4.78, 5) is 15.8. The van der Waals surface area contributed by atoms with Gasteiger partial charge in [0.1, 0.15) is 0 Å². The lowest BCUT2D eigenvalue weighted by atomic mass is 10.2. The molecule has 3 aromatic rings. The molecule has 3 heterocycles. The highest BCUT2D eigenvalue weighted by atomic mass is 35.5. The number of halogens is 1. The number of aromatic nitrogens is 2. The van der Waals surface area contributed by atoms with Crippen molar-refractivity contribution < 1.29 is 4.42 Å². The van der Waals surface area contributed by atoms with Crippen molar-refractivity contribution in [3.63, 3.8) is 0 Å². The summed E-state index contributed by atoms with van der Waals surface area (Å²) in [5.74, 6) is 0. The number of fused-ring (bicyclic) bond motifs is 1. The Morgan fingerprint density at radius 1 is 1.29 bits per heavy atom. The van der Waals surface area contributed by atoms with Gasteiger partial charge in [-0.15, -0.1) is 0 Å². The number of hydrogen-bond donors (Lipinski definition) is 0. The molecule has 0 radical (unpaired) electrons. The molecule has 0 spiro atoms. The molecule has 0 aliphatic carbocycles. The van der Waals surface area contributed by atoms with E-state index in [4.69, 9.17) is 16.0 Å². The van der Waals surface area contributed by atoms with E-state index in [9.17, 15) is 4.79 Å². The van der Waals surface area contributed by atoms with E-state index in [0.29, 0.717) is 11.3 Å². The monoisotopic (exact) mass is 246 g/mol. The lowest BCUT2D eigenvalue weighted by molar-refractivity contribution is 0.614. The molecule has 0 amide bonds. The first kappa shape index (κ1) is 10.1. The third-order valence-corrected chi connectivity index (χ3v) is 2.78. The van der Waals surface area contributed by atoms with E-state index in [1.807, 2.05) is 0 Å². The predicted molar refractivity (Wildman–Crippen MR) is 64.6 cm³/mol. The molecule has 4 nitrogen and oxygen atoms in total. The van der Waals surface area contributed by atoms with E-state index >= 15 is 0 Å². The van der Waals surface area contributed by atoms with Gasteiger partial charge in [-0.05, 0) is 12.1 Å². The Kier molecular flexibility index (Phi) is 2.23. The Hall–Kier alpha value is -2.07. The minimum Gasteiger partial charge on any atom is -0.461 e. The van der Waals surface area contributed by atoms with Gasteiger partial charge >= 0.3 is 0 Å². The fraction of sp³-hybridized carbons (Fsp3) is 0. The van der Waals surface area contributed by atoms with Crippen LogP contribution in [0.5, 0.6) is 0 Å². The molecular weight excluding hydrogens is 240 g/mol. The van der Waals surface area contributed by atoms with Gasteiger partial charge in [-0.2, -0.15) is 0 Å². The summed E-state index contributed by atoms with van der Waals surface area (Å²) < 4.78 is 6.74. The average molecular weight is 247 g/mol.